The van der Waals surface area contributed by atoms with E-state index in [9.17, 15) is 32.3 Å². The van der Waals surface area contributed by atoms with Crippen molar-refractivity contribution >= 4 is 40.8 Å². The number of carboxylic acids is 1. The number of benzene rings is 3. The van der Waals surface area contributed by atoms with E-state index in [1.807, 2.05) is 0 Å². The first-order chi connectivity index (χ1) is 19.0. The zero-order chi connectivity index (χ0) is 28.6. The zero-order valence-electron chi connectivity index (χ0n) is 20.2. The number of rotatable bonds is 5. The van der Waals surface area contributed by atoms with Crippen molar-refractivity contribution in [1.82, 2.24) is 0 Å². The highest BCUT2D eigenvalue weighted by Crippen LogP contribution is 2.38. The highest BCUT2D eigenvalue weighted by Gasteiger charge is 2.32. The number of nitrogens with zero attached hydrogens (tertiary/aromatic N) is 2. The number of carboxylic acid groups (broad SMARTS) is 1. The number of aromatic carboxylic acids is 1. The molecule has 0 bridgehead atoms. The van der Waals surface area contributed by atoms with Crippen LogP contribution in [0.25, 0.3) is 0 Å². The highest BCUT2D eigenvalue weighted by molar-refractivity contribution is 6.12. The predicted molar refractivity (Wildman–Crippen MR) is 138 cm³/mol. The quantitative estimate of drug-likeness (QED) is 0.213. The predicted octanol–water partition coefficient (Wildman–Crippen LogP) is 6.34. The van der Waals surface area contributed by atoms with E-state index in [2.05, 4.69) is 15.6 Å². The molecule has 0 fully saturated rings. The minimum atomic E-state index is -4.70. The van der Waals surface area contributed by atoms with Crippen molar-refractivity contribution in [2.75, 3.05) is 15.5 Å². The number of aliphatic imine (C=N–C) groups is 1. The number of halogens is 4. The molecule has 1 aromatic heterocycles. The van der Waals surface area contributed by atoms with Gasteiger partial charge in [0, 0.05) is 16.9 Å². The maximum absolute atomic E-state index is 14.0. The molecule has 3 aromatic carbocycles. The van der Waals surface area contributed by atoms with E-state index in [-0.39, 0.29) is 11.3 Å². The van der Waals surface area contributed by atoms with Crippen LogP contribution in [0, 0.1) is 5.82 Å². The smallest absolute Gasteiger partial charge is 0.416 e. The van der Waals surface area contributed by atoms with Gasteiger partial charge in [0.1, 0.15) is 17.8 Å². The summed E-state index contributed by atoms with van der Waals surface area (Å²) < 4.78 is 58.3. The van der Waals surface area contributed by atoms with Crippen molar-refractivity contribution < 1.29 is 36.7 Å². The molecule has 0 aliphatic carbocycles. The lowest BCUT2D eigenvalue weighted by atomic mass is 10.1. The molecule has 40 heavy (non-hydrogen) atoms. The molecule has 2 heterocycles. The molecule has 204 valence electrons. The molecule has 9 nitrogen and oxygen atoms in total. The second-order valence-electron chi connectivity index (χ2n) is 8.63. The van der Waals surface area contributed by atoms with Crippen LogP contribution in [0.3, 0.4) is 0 Å². The summed E-state index contributed by atoms with van der Waals surface area (Å²) in [5.41, 5.74) is 6.86. The van der Waals surface area contributed by atoms with Gasteiger partial charge in [-0.1, -0.05) is 12.1 Å². The number of amides is 2. The van der Waals surface area contributed by atoms with Crippen LogP contribution in [0.4, 0.5) is 45.3 Å². The SMILES string of the molecule is NC1c2ccoc2N=C(c2ccc(C(=O)O)cc2)N1c1ccc(NC(=O)Nc2cc(C(F)(F)F)ccc2F)cc1. The fraction of sp³-hybridized carbons (Fsp3) is 0.0741. The Hall–Kier alpha value is -5.17. The molecule has 1 unspecified atom stereocenters. The van der Waals surface area contributed by atoms with E-state index >= 15 is 0 Å². The monoisotopic (exact) mass is 553 g/mol. The Kier molecular flexibility index (Phi) is 6.73. The maximum atomic E-state index is 14.0. The van der Waals surface area contributed by atoms with Gasteiger partial charge < -0.3 is 30.8 Å². The summed E-state index contributed by atoms with van der Waals surface area (Å²) in [6.07, 6.45) is -3.99. The summed E-state index contributed by atoms with van der Waals surface area (Å²) in [6, 6.07) is 14.7. The van der Waals surface area contributed by atoms with Crippen LogP contribution in [0.15, 0.2) is 88.5 Å². The summed E-state index contributed by atoms with van der Waals surface area (Å²) in [5.74, 6) is -1.43. The highest BCUT2D eigenvalue weighted by atomic mass is 19.4. The van der Waals surface area contributed by atoms with Gasteiger partial charge in [0.15, 0.2) is 0 Å². The molecule has 0 spiro atoms. The van der Waals surface area contributed by atoms with Gasteiger partial charge >= 0.3 is 18.2 Å². The van der Waals surface area contributed by atoms with Crippen LogP contribution < -0.4 is 21.3 Å². The Morgan fingerprint density at radius 1 is 0.975 bits per heavy atom. The molecular weight excluding hydrogens is 534 g/mol. The molecule has 2 amide bonds. The van der Waals surface area contributed by atoms with E-state index in [1.54, 1.807) is 35.2 Å². The minimum Gasteiger partial charge on any atom is -0.478 e. The maximum Gasteiger partial charge on any atom is 0.416 e. The van der Waals surface area contributed by atoms with Crippen LogP contribution in [-0.2, 0) is 6.18 Å². The Morgan fingerprint density at radius 3 is 2.33 bits per heavy atom. The van der Waals surface area contributed by atoms with E-state index < -0.39 is 41.4 Å². The Labute approximate surface area is 223 Å². The molecule has 0 saturated carbocycles. The fourth-order valence-electron chi connectivity index (χ4n) is 4.08. The molecule has 13 heteroatoms. The van der Waals surface area contributed by atoms with Crippen LogP contribution in [0.1, 0.15) is 33.2 Å². The van der Waals surface area contributed by atoms with Crippen molar-refractivity contribution in [2.24, 2.45) is 10.7 Å². The van der Waals surface area contributed by atoms with Crippen LogP contribution in [-0.4, -0.2) is 22.9 Å². The zero-order valence-corrected chi connectivity index (χ0v) is 20.2. The first-order valence-corrected chi connectivity index (χ1v) is 11.6. The van der Waals surface area contributed by atoms with Gasteiger partial charge in [0.25, 0.3) is 0 Å². The van der Waals surface area contributed by atoms with Gasteiger partial charge in [-0.3, -0.25) is 0 Å². The fourth-order valence-corrected chi connectivity index (χ4v) is 4.08. The number of anilines is 3. The molecule has 4 aromatic rings. The third kappa shape index (κ3) is 5.22. The Morgan fingerprint density at radius 2 is 1.68 bits per heavy atom. The number of amidine groups is 1. The number of hydrogen-bond acceptors (Lipinski definition) is 6. The van der Waals surface area contributed by atoms with Crippen LogP contribution >= 0.6 is 0 Å². The Bertz CT molecular complexity index is 1620. The molecule has 0 saturated heterocycles. The van der Waals surface area contributed by atoms with E-state index in [1.165, 1.54) is 30.5 Å². The topological polar surface area (TPSA) is 133 Å². The normalized spacial score (nSPS) is 14.8. The number of fused-ring (bicyclic) bond motifs is 1. The van der Waals surface area contributed by atoms with Crippen LogP contribution in [0.5, 0.6) is 0 Å². The van der Waals surface area contributed by atoms with Gasteiger partial charge in [-0.2, -0.15) is 18.2 Å². The van der Waals surface area contributed by atoms with Crippen LogP contribution in [0.2, 0.25) is 0 Å². The summed E-state index contributed by atoms with van der Waals surface area (Å²) in [4.78, 5) is 29.9. The molecule has 0 radical (unpaired) electrons. The average molecular weight is 553 g/mol. The lowest BCUT2D eigenvalue weighted by Gasteiger charge is -2.34. The van der Waals surface area contributed by atoms with Gasteiger partial charge in [0.05, 0.1) is 28.6 Å². The number of carbonyl (C=O) groups excluding carboxylic acids is 1. The lowest BCUT2D eigenvalue weighted by Crippen LogP contribution is -2.42. The number of furan rings is 1. The number of nitrogens with two attached hydrogens (primary N) is 1. The summed E-state index contributed by atoms with van der Waals surface area (Å²) in [7, 11) is 0. The summed E-state index contributed by atoms with van der Waals surface area (Å²) in [5, 5.41) is 13.7. The van der Waals surface area contributed by atoms with Gasteiger partial charge in [0.2, 0.25) is 5.88 Å². The average Bonchev–Trinajstić information content (AvgIpc) is 3.39. The van der Waals surface area contributed by atoms with Gasteiger partial charge in [-0.15, -0.1) is 0 Å². The largest absolute Gasteiger partial charge is 0.478 e. The van der Waals surface area contributed by atoms with E-state index in [0.717, 1.165) is 0 Å². The molecular formula is C27H19F4N5O4. The first kappa shape index (κ1) is 26.4. The van der Waals surface area contributed by atoms with Crippen molar-refractivity contribution in [3.63, 3.8) is 0 Å². The van der Waals surface area contributed by atoms with Gasteiger partial charge in [-0.25, -0.2) is 14.0 Å². The number of alkyl halides is 3. The molecule has 1 aliphatic heterocycles. The summed E-state index contributed by atoms with van der Waals surface area (Å²) in [6.45, 7) is 0. The standard InChI is InChI=1S/C27H19F4N5O4/c28-20-10-5-16(27(29,30)31)13-21(20)34-26(39)33-17-6-8-18(9-7-17)36-22(32)19-11-12-40-24(19)35-23(36)14-1-3-15(4-2-14)25(37)38/h1-13,22H,32H2,(H,37,38)(H2,33,34,39). The lowest BCUT2D eigenvalue weighted by molar-refractivity contribution is -0.137. The number of carbonyl (C=O) groups is 2. The van der Waals surface area contributed by atoms with E-state index in [4.69, 9.17) is 10.2 Å². The van der Waals surface area contributed by atoms with Crippen molar-refractivity contribution in [3.05, 3.63) is 107 Å². The number of nitrogens with one attached hydrogen (secondary N) is 2. The molecule has 5 rings (SSSR count). The second-order valence-corrected chi connectivity index (χ2v) is 8.63. The van der Waals surface area contributed by atoms with Crippen molar-refractivity contribution in [2.45, 2.75) is 12.3 Å². The Balaban J connectivity index is 1.38. The minimum absolute atomic E-state index is 0.0911. The first-order valence-electron chi connectivity index (χ1n) is 11.6. The molecule has 1 atom stereocenters. The second kappa shape index (κ2) is 10.2. The van der Waals surface area contributed by atoms with E-state index in [0.29, 0.717) is 46.7 Å². The molecule has 5 N–H and O–H groups in total. The van der Waals surface area contributed by atoms with Crippen molar-refractivity contribution in [1.29, 1.82) is 0 Å². The third-order valence-corrected chi connectivity index (χ3v) is 6.04. The molecule has 1 aliphatic rings. The van der Waals surface area contributed by atoms with Crippen molar-refractivity contribution in [3.8, 4) is 0 Å². The third-order valence-electron chi connectivity index (χ3n) is 6.04. The van der Waals surface area contributed by atoms with Gasteiger partial charge in [-0.05, 0) is 60.7 Å². The summed E-state index contributed by atoms with van der Waals surface area (Å²) >= 11 is 0. The number of urea groups is 1. The number of hydrogen-bond donors (Lipinski definition) is 4.